The van der Waals surface area contributed by atoms with Gasteiger partial charge in [-0.2, -0.15) is 0 Å². The Labute approximate surface area is 95.5 Å². The minimum atomic E-state index is 0.850. The average molecular weight is 217 g/mol. The fraction of sp³-hybridized carbons (Fsp3) is 0.143. The van der Waals surface area contributed by atoms with Crippen LogP contribution in [-0.2, 0) is 0 Å². The van der Waals surface area contributed by atoms with Gasteiger partial charge in [0.05, 0.1) is 5.02 Å². The van der Waals surface area contributed by atoms with Gasteiger partial charge in [-0.3, -0.25) is 0 Å². The molecule has 0 nitrogen and oxygen atoms in total. The highest BCUT2D eigenvalue weighted by Gasteiger charge is 2.04. The van der Waals surface area contributed by atoms with E-state index in [0.717, 1.165) is 16.1 Å². The van der Waals surface area contributed by atoms with Crippen LogP contribution in [0.2, 0.25) is 5.02 Å². The largest absolute Gasteiger partial charge is 0.0834 e. The topological polar surface area (TPSA) is 0 Å². The van der Waals surface area contributed by atoms with Crippen LogP contribution in [0.1, 0.15) is 11.1 Å². The Hall–Kier alpha value is -1.27. The lowest BCUT2D eigenvalue weighted by molar-refractivity contribution is 1.44. The fourth-order valence-electron chi connectivity index (χ4n) is 1.68. The molecule has 0 aliphatic heterocycles. The van der Waals surface area contributed by atoms with Crippen molar-refractivity contribution in [2.45, 2.75) is 13.8 Å². The minimum Gasteiger partial charge on any atom is -0.0834 e. The van der Waals surface area contributed by atoms with Crippen LogP contribution < -0.4 is 0 Å². The summed E-state index contributed by atoms with van der Waals surface area (Å²) in [6, 6.07) is 14.5. The van der Waals surface area contributed by atoms with Gasteiger partial charge in [-0.15, -0.1) is 0 Å². The SMILES string of the molecule is Cc1cccc(-c2cccc(C)c2Cl)c1. The van der Waals surface area contributed by atoms with E-state index in [-0.39, 0.29) is 0 Å². The van der Waals surface area contributed by atoms with Gasteiger partial charge in [0, 0.05) is 5.56 Å². The van der Waals surface area contributed by atoms with Gasteiger partial charge in [0.25, 0.3) is 0 Å². The first kappa shape index (κ1) is 10.3. The van der Waals surface area contributed by atoms with E-state index in [1.165, 1.54) is 11.1 Å². The van der Waals surface area contributed by atoms with Crippen LogP contribution in [0.3, 0.4) is 0 Å². The zero-order valence-electron chi connectivity index (χ0n) is 8.92. The van der Waals surface area contributed by atoms with Crippen molar-refractivity contribution < 1.29 is 0 Å². The van der Waals surface area contributed by atoms with Gasteiger partial charge in [0.15, 0.2) is 0 Å². The number of hydrogen-bond donors (Lipinski definition) is 0. The normalized spacial score (nSPS) is 10.3. The molecule has 0 fully saturated rings. The fourth-order valence-corrected chi connectivity index (χ4v) is 1.92. The molecule has 0 atom stereocenters. The molecule has 2 rings (SSSR count). The molecule has 1 heteroatoms. The summed E-state index contributed by atoms with van der Waals surface area (Å²) in [6.45, 7) is 4.12. The van der Waals surface area contributed by atoms with Crippen molar-refractivity contribution in [2.24, 2.45) is 0 Å². The highest BCUT2D eigenvalue weighted by atomic mass is 35.5. The van der Waals surface area contributed by atoms with E-state index in [0.29, 0.717) is 0 Å². The number of rotatable bonds is 1. The first-order chi connectivity index (χ1) is 7.18. The van der Waals surface area contributed by atoms with Crippen LogP contribution in [0.4, 0.5) is 0 Å². The predicted molar refractivity (Wildman–Crippen MR) is 66.4 cm³/mol. The van der Waals surface area contributed by atoms with Gasteiger partial charge in [-0.05, 0) is 25.0 Å². The molecule has 2 aromatic rings. The van der Waals surface area contributed by atoms with E-state index >= 15 is 0 Å². The highest BCUT2D eigenvalue weighted by Crippen LogP contribution is 2.30. The summed E-state index contributed by atoms with van der Waals surface area (Å²) >= 11 is 6.28. The molecule has 0 amide bonds. The molecule has 0 aromatic heterocycles. The van der Waals surface area contributed by atoms with E-state index in [4.69, 9.17) is 11.6 Å². The van der Waals surface area contributed by atoms with Crippen molar-refractivity contribution in [3.05, 3.63) is 58.6 Å². The molecule has 0 saturated carbocycles. The summed E-state index contributed by atoms with van der Waals surface area (Å²) in [7, 11) is 0. The Morgan fingerprint density at radius 2 is 1.67 bits per heavy atom. The molecule has 0 heterocycles. The number of aryl methyl sites for hydroxylation is 2. The second kappa shape index (κ2) is 4.08. The van der Waals surface area contributed by atoms with Crippen LogP contribution in [0.5, 0.6) is 0 Å². The minimum absolute atomic E-state index is 0.850. The number of halogens is 1. The van der Waals surface area contributed by atoms with Gasteiger partial charge in [0.1, 0.15) is 0 Å². The third-order valence-electron chi connectivity index (χ3n) is 2.52. The van der Waals surface area contributed by atoms with Crippen LogP contribution >= 0.6 is 11.6 Å². The maximum Gasteiger partial charge on any atom is 0.0513 e. The molecular formula is C14H13Cl. The lowest BCUT2D eigenvalue weighted by atomic mass is 10.0. The first-order valence-corrected chi connectivity index (χ1v) is 5.38. The standard InChI is InChI=1S/C14H13Cl/c1-10-5-3-7-12(9-10)13-8-4-6-11(2)14(13)15/h3-9H,1-2H3. The Kier molecular flexibility index (Phi) is 2.79. The molecule has 0 saturated heterocycles. The van der Waals surface area contributed by atoms with Crippen LogP contribution in [0, 0.1) is 13.8 Å². The van der Waals surface area contributed by atoms with Crippen molar-refractivity contribution in [1.29, 1.82) is 0 Å². The Balaban J connectivity index is 2.59. The van der Waals surface area contributed by atoms with Crippen LogP contribution in [-0.4, -0.2) is 0 Å². The molecule has 15 heavy (non-hydrogen) atoms. The van der Waals surface area contributed by atoms with Crippen molar-refractivity contribution in [3.8, 4) is 11.1 Å². The van der Waals surface area contributed by atoms with E-state index in [9.17, 15) is 0 Å². The molecule has 0 N–H and O–H groups in total. The van der Waals surface area contributed by atoms with Crippen molar-refractivity contribution >= 4 is 11.6 Å². The average Bonchev–Trinajstić information content (AvgIpc) is 2.22. The van der Waals surface area contributed by atoms with Crippen molar-refractivity contribution in [1.82, 2.24) is 0 Å². The summed E-state index contributed by atoms with van der Waals surface area (Å²) in [5.74, 6) is 0. The third kappa shape index (κ3) is 2.05. The van der Waals surface area contributed by atoms with Crippen molar-refractivity contribution in [2.75, 3.05) is 0 Å². The summed E-state index contributed by atoms with van der Waals surface area (Å²) in [4.78, 5) is 0. The van der Waals surface area contributed by atoms with E-state index < -0.39 is 0 Å². The van der Waals surface area contributed by atoms with Crippen LogP contribution in [0.25, 0.3) is 11.1 Å². The van der Waals surface area contributed by atoms with E-state index in [1.54, 1.807) is 0 Å². The molecule has 2 aromatic carbocycles. The second-order valence-electron chi connectivity index (χ2n) is 3.81. The summed E-state index contributed by atoms with van der Waals surface area (Å²) in [6.07, 6.45) is 0. The molecule has 0 spiro atoms. The molecular weight excluding hydrogens is 204 g/mol. The molecule has 0 unspecified atom stereocenters. The van der Waals surface area contributed by atoms with Gasteiger partial charge in [-0.1, -0.05) is 59.6 Å². The zero-order valence-corrected chi connectivity index (χ0v) is 9.68. The maximum absolute atomic E-state index is 6.28. The van der Waals surface area contributed by atoms with Crippen LogP contribution in [0.15, 0.2) is 42.5 Å². The summed E-state index contributed by atoms with van der Waals surface area (Å²) in [5, 5.41) is 0.850. The van der Waals surface area contributed by atoms with Crippen molar-refractivity contribution in [3.63, 3.8) is 0 Å². The molecule has 0 aliphatic rings. The van der Waals surface area contributed by atoms with Gasteiger partial charge < -0.3 is 0 Å². The second-order valence-corrected chi connectivity index (χ2v) is 4.18. The Bertz CT molecular complexity index is 486. The van der Waals surface area contributed by atoms with Gasteiger partial charge >= 0.3 is 0 Å². The van der Waals surface area contributed by atoms with Gasteiger partial charge in [-0.25, -0.2) is 0 Å². The molecule has 0 radical (unpaired) electrons. The quantitative estimate of drug-likeness (QED) is 0.652. The summed E-state index contributed by atoms with van der Waals surface area (Å²) in [5.41, 5.74) is 4.67. The van der Waals surface area contributed by atoms with E-state index in [1.807, 2.05) is 19.1 Å². The highest BCUT2D eigenvalue weighted by molar-refractivity contribution is 6.34. The monoisotopic (exact) mass is 216 g/mol. The third-order valence-corrected chi connectivity index (χ3v) is 3.02. The van der Waals surface area contributed by atoms with Gasteiger partial charge in [0.2, 0.25) is 0 Å². The Morgan fingerprint density at radius 1 is 0.933 bits per heavy atom. The lowest BCUT2D eigenvalue weighted by Gasteiger charge is -2.07. The number of hydrogen-bond acceptors (Lipinski definition) is 0. The predicted octanol–water partition coefficient (Wildman–Crippen LogP) is 4.62. The van der Waals surface area contributed by atoms with E-state index in [2.05, 4.69) is 37.3 Å². The zero-order chi connectivity index (χ0) is 10.8. The molecule has 76 valence electrons. The lowest BCUT2D eigenvalue weighted by Crippen LogP contribution is -1.83. The molecule has 0 bridgehead atoms. The Morgan fingerprint density at radius 3 is 2.40 bits per heavy atom. The number of benzene rings is 2. The molecule has 0 aliphatic carbocycles. The maximum atomic E-state index is 6.28. The smallest absolute Gasteiger partial charge is 0.0513 e. The first-order valence-electron chi connectivity index (χ1n) is 5.00. The summed E-state index contributed by atoms with van der Waals surface area (Å²) < 4.78 is 0.